The predicted octanol–water partition coefficient (Wildman–Crippen LogP) is 5.15. The zero-order chi connectivity index (χ0) is 26.6. The number of methoxy groups -OCH3 is 1. The van der Waals surface area contributed by atoms with Gasteiger partial charge in [-0.2, -0.15) is 13.2 Å². The summed E-state index contributed by atoms with van der Waals surface area (Å²) in [6.45, 7) is 0. The molecule has 0 aliphatic carbocycles. The Kier molecular flexibility index (Phi) is 5.30. The predicted molar refractivity (Wildman–Crippen MR) is 136 cm³/mol. The summed E-state index contributed by atoms with van der Waals surface area (Å²) >= 11 is 0. The van der Waals surface area contributed by atoms with Crippen molar-refractivity contribution in [3.63, 3.8) is 0 Å². The van der Waals surface area contributed by atoms with Crippen LogP contribution in [0.25, 0.3) is 44.4 Å². The molecule has 11 heteroatoms. The second-order valence-electron chi connectivity index (χ2n) is 8.66. The van der Waals surface area contributed by atoms with Gasteiger partial charge in [0.05, 0.1) is 53.1 Å². The van der Waals surface area contributed by atoms with Crippen molar-refractivity contribution in [1.29, 1.82) is 0 Å². The number of pyridine rings is 2. The summed E-state index contributed by atoms with van der Waals surface area (Å²) < 4.78 is 51.5. The van der Waals surface area contributed by atoms with Gasteiger partial charge in [0.15, 0.2) is 0 Å². The van der Waals surface area contributed by atoms with Crippen LogP contribution in [-0.4, -0.2) is 35.8 Å². The average molecular weight is 516 g/mol. The molecule has 0 unspecified atom stereocenters. The number of fused-ring (bicyclic) bond motifs is 3. The molecule has 38 heavy (non-hydrogen) atoms. The minimum atomic E-state index is -4.66. The third-order valence-electron chi connectivity index (χ3n) is 6.49. The van der Waals surface area contributed by atoms with Crippen LogP contribution in [0.1, 0.15) is 5.56 Å². The van der Waals surface area contributed by atoms with E-state index in [1.54, 1.807) is 31.6 Å². The van der Waals surface area contributed by atoms with Crippen molar-refractivity contribution in [1.82, 2.24) is 28.7 Å². The maximum atomic E-state index is 14.2. The summed E-state index contributed by atoms with van der Waals surface area (Å²) in [6, 6.07) is 12.9. The summed E-state index contributed by atoms with van der Waals surface area (Å²) in [6.07, 6.45) is 2.68. The van der Waals surface area contributed by atoms with Crippen LogP contribution < -0.4 is 10.4 Å². The number of benzene rings is 2. The molecule has 0 atom stereocenters. The quantitative estimate of drug-likeness (QED) is 0.324. The van der Waals surface area contributed by atoms with E-state index in [2.05, 4.69) is 15.0 Å². The van der Waals surface area contributed by atoms with Crippen molar-refractivity contribution in [2.45, 2.75) is 6.18 Å². The highest BCUT2D eigenvalue weighted by molar-refractivity contribution is 6.04. The fourth-order valence-corrected chi connectivity index (χ4v) is 4.61. The van der Waals surface area contributed by atoms with Gasteiger partial charge in [0, 0.05) is 42.7 Å². The molecule has 8 nitrogen and oxygen atoms in total. The van der Waals surface area contributed by atoms with E-state index in [4.69, 9.17) is 4.74 Å². The van der Waals surface area contributed by atoms with Crippen LogP contribution in [0.2, 0.25) is 0 Å². The first-order chi connectivity index (χ1) is 18.3. The molecule has 190 valence electrons. The van der Waals surface area contributed by atoms with Crippen molar-refractivity contribution in [3.05, 3.63) is 95.7 Å². The van der Waals surface area contributed by atoms with Gasteiger partial charge in [-0.05, 0) is 42.0 Å². The van der Waals surface area contributed by atoms with E-state index in [-0.39, 0.29) is 11.4 Å². The van der Waals surface area contributed by atoms with Gasteiger partial charge in [0.1, 0.15) is 0 Å². The SMILES string of the molecule is COc1ccc(-c2ccc3ncc4c(c3c2)n(-c2ccc(-n3ccnc3)c(C(F)(F)F)c2)c(=O)n4C)cn1. The molecular weight excluding hydrogens is 497 g/mol. The van der Waals surface area contributed by atoms with Gasteiger partial charge < -0.3 is 9.30 Å². The molecule has 0 spiro atoms. The van der Waals surface area contributed by atoms with Crippen molar-refractivity contribution < 1.29 is 17.9 Å². The normalized spacial score (nSPS) is 11.9. The maximum Gasteiger partial charge on any atom is 0.418 e. The number of hydrogen-bond acceptors (Lipinski definition) is 5. The van der Waals surface area contributed by atoms with E-state index in [1.165, 1.54) is 51.7 Å². The zero-order valence-corrected chi connectivity index (χ0v) is 20.1. The van der Waals surface area contributed by atoms with Gasteiger partial charge in [-0.15, -0.1) is 0 Å². The third kappa shape index (κ3) is 3.71. The van der Waals surface area contributed by atoms with E-state index >= 15 is 0 Å². The Bertz CT molecular complexity index is 1870. The second-order valence-corrected chi connectivity index (χ2v) is 8.66. The number of imidazole rings is 2. The first-order valence-electron chi connectivity index (χ1n) is 11.5. The van der Waals surface area contributed by atoms with Crippen LogP contribution in [0.4, 0.5) is 13.2 Å². The topological polar surface area (TPSA) is 79.8 Å². The van der Waals surface area contributed by atoms with E-state index in [9.17, 15) is 18.0 Å². The summed E-state index contributed by atoms with van der Waals surface area (Å²) in [5.74, 6) is 0.468. The number of hydrogen-bond donors (Lipinski definition) is 0. The summed E-state index contributed by atoms with van der Waals surface area (Å²) in [5, 5.41) is 0.612. The largest absolute Gasteiger partial charge is 0.481 e. The Morgan fingerprint density at radius 3 is 2.45 bits per heavy atom. The summed E-state index contributed by atoms with van der Waals surface area (Å²) in [5.41, 5.74) is 1.75. The van der Waals surface area contributed by atoms with Crippen LogP contribution in [0.5, 0.6) is 5.88 Å². The van der Waals surface area contributed by atoms with Gasteiger partial charge in [-0.25, -0.2) is 14.8 Å². The molecule has 0 bridgehead atoms. The van der Waals surface area contributed by atoms with Crippen molar-refractivity contribution in [2.75, 3.05) is 7.11 Å². The lowest BCUT2D eigenvalue weighted by Gasteiger charge is -2.16. The Morgan fingerprint density at radius 1 is 0.947 bits per heavy atom. The van der Waals surface area contributed by atoms with Gasteiger partial charge in [0.2, 0.25) is 5.88 Å². The molecule has 0 amide bonds. The molecular formula is C27H19F3N6O2. The van der Waals surface area contributed by atoms with E-state index in [0.717, 1.165) is 17.2 Å². The lowest BCUT2D eigenvalue weighted by molar-refractivity contribution is -0.137. The van der Waals surface area contributed by atoms with E-state index < -0.39 is 17.4 Å². The van der Waals surface area contributed by atoms with Gasteiger partial charge in [-0.1, -0.05) is 6.07 Å². The number of ether oxygens (including phenoxy) is 1. The molecule has 0 aliphatic heterocycles. The molecule has 4 aromatic heterocycles. The summed E-state index contributed by atoms with van der Waals surface area (Å²) in [7, 11) is 3.09. The molecule has 2 aromatic carbocycles. The Labute approximate surface area is 213 Å². The average Bonchev–Trinajstić information content (AvgIpc) is 3.55. The lowest BCUT2D eigenvalue weighted by atomic mass is 10.0. The highest BCUT2D eigenvalue weighted by Crippen LogP contribution is 2.36. The molecule has 6 aromatic rings. The van der Waals surface area contributed by atoms with Crippen LogP contribution in [0, 0.1) is 0 Å². The molecule has 0 radical (unpaired) electrons. The van der Waals surface area contributed by atoms with E-state index in [1.807, 2.05) is 18.2 Å². The Morgan fingerprint density at radius 2 is 1.76 bits per heavy atom. The molecule has 0 saturated carbocycles. The highest BCUT2D eigenvalue weighted by Gasteiger charge is 2.35. The maximum absolute atomic E-state index is 14.2. The zero-order valence-electron chi connectivity index (χ0n) is 20.1. The Balaban J connectivity index is 1.62. The van der Waals surface area contributed by atoms with Crippen molar-refractivity contribution >= 4 is 21.9 Å². The van der Waals surface area contributed by atoms with Crippen molar-refractivity contribution in [3.8, 4) is 28.4 Å². The number of aryl methyl sites for hydroxylation is 1. The van der Waals surface area contributed by atoms with Gasteiger partial charge in [-0.3, -0.25) is 14.1 Å². The minimum absolute atomic E-state index is 0.0841. The molecule has 4 heterocycles. The van der Waals surface area contributed by atoms with Crippen LogP contribution in [0.15, 0.2) is 84.4 Å². The molecule has 0 aliphatic rings. The number of halogens is 3. The first kappa shape index (κ1) is 23.5. The van der Waals surface area contributed by atoms with Crippen LogP contribution >= 0.6 is 0 Å². The van der Waals surface area contributed by atoms with Crippen LogP contribution in [-0.2, 0) is 13.2 Å². The number of rotatable bonds is 4. The van der Waals surface area contributed by atoms with E-state index in [0.29, 0.717) is 27.8 Å². The Hall–Kier alpha value is -4.93. The smallest absolute Gasteiger partial charge is 0.418 e. The summed E-state index contributed by atoms with van der Waals surface area (Å²) in [4.78, 5) is 26.0. The fourth-order valence-electron chi connectivity index (χ4n) is 4.61. The monoisotopic (exact) mass is 516 g/mol. The molecule has 0 saturated heterocycles. The first-order valence-corrected chi connectivity index (χ1v) is 11.5. The van der Waals surface area contributed by atoms with Gasteiger partial charge >= 0.3 is 11.9 Å². The fraction of sp³-hybridized carbons (Fsp3) is 0.111. The standard InChI is InChI=1S/C27H19F3N6O2/c1-34-23-14-32-21-6-3-16(17-4-8-24(38-2)33-13-17)11-19(21)25(23)36(26(34)37)18-5-7-22(35-10-9-31-15-35)20(12-18)27(28,29)30/h3-15H,1-2H3. The highest BCUT2D eigenvalue weighted by atomic mass is 19.4. The molecule has 0 N–H and O–H groups in total. The lowest BCUT2D eigenvalue weighted by Crippen LogP contribution is -2.21. The number of nitrogens with zero attached hydrogens (tertiary/aromatic N) is 6. The minimum Gasteiger partial charge on any atom is -0.481 e. The molecule has 6 rings (SSSR count). The van der Waals surface area contributed by atoms with Crippen molar-refractivity contribution in [2.24, 2.45) is 7.05 Å². The second kappa shape index (κ2) is 8.58. The van der Waals surface area contributed by atoms with Crippen LogP contribution in [0.3, 0.4) is 0 Å². The van der Waals surface area contributed by atoms with Gasteiger partial charge in [0.25, 0.3) is 0 Å². The third-order valence-corrected chi connectivity index (χ3v) is 6.49. The number of aromatic nitrogens is 6. The number of alkyl halides is 3. The molecule has 0 fully saturated rings.